The number of hydrogen-bond acceptors (Lipinski definition) is 4. The molecule has 0 aliphatic heterocycles. The molecule has 0 spiro atoms. The second kappa shape index (κ2) is 4.60. The number of nitrogens with one attached hydrogen (secondary N) is 1. The molecule has 0 fully saturated rings. The van der Waals surface area contributed by atoms with E-state index in [2.05, 4.69) is 29.4 Å². The van der Waals surface area contributed by atoms with Crippen molar-refractivity contribution < 1.29 is 9.21 Å². The van der Waals surface area contributed by atoms with Crippen LogP contribution in [0, 0.1) is 20.8 Å². The van der Waals surface area contributed by atoms with Gasteiger partial charge in [-0.05, 0) is 43.5 Å². The van der Waals surface area contributed by atoms with E-state index < -0.39 is 0 Å². The van der Waals surface area contributed by atoms with Gasteiger partial charge in [0.2, 0.25) is 11.8 Å². The molecule has 1 N–H and O–H groups in total. The van der Waals surface area contributed by atoms with Crippen molar-refractivity contribution in [2.45, 2.75) is 27.7 Å². The minimum Gasteiger partial charge on any atom is -0.403 e. The van der Waals surface area contributed by atoms with Crippen LogP contribution in [0.2, 0.25) is 0 Å². The van der Waals surface area contributed by atoms with E-state index >= 15 is 0 Å². The van der Waals surface area contributed by atoms with Gasteiger partial charge in [0, 0.05) is 12.5 Å². The van der Waals surface area contributed by atoms with Crippen molar-refractivity contribution in [1.29, 1.82) is 0 Å². The standard InChI is InChI=1S/C13H15N3O2/c1-7-5-6-11(9(3)8(7)2)12-15-16-13(18-12)14-10(4)17/h5-6H,1-4H3,(H,14,16,17). The quantitative estimate of drug-likeness (QED) is 0.883. The summed E-state index contributed by atoms with van der Waals surface area (Å²) < 4.78 is 5.40. The third-order valence-electron chi connectivity index (χ3n) is 3.00. The van der Waals surface area contributed by atoms with E-state index in [1.165, 1.54) is 18.1 Å². The van der Waals surface area contributed by atoms with Crippen LogP contribution in [0.5, 0.6) is 0 Å². The highest BCUT2D eigenvalue weighted by Crippen LogP contribution is 2.27. The first-order valence-electron chi connectivity index (χ1n) is 5.67. The average Bonchev–Trinajstić information content (AvgIpc) is 2.73. The maximum absolute atomic E-state index is 10.9. The molecule has 0 radical (unpaired) electrons. The summed E-state index contributed by atoms with van der Waals surface area (Å²) in [6, 6.07) is 4.08. The normalized spacial score (nSPS) is 10.4. The molecule has 2 rings (SSSR count). The van der Waals surface area contributed by atoms with Gasteiger partial charge in [0.25, 0.3) is 0 Å². The smallest absolute Gasteiger partial charge is 0.322 e. The summed E-state index contributed by atoms with van der Waals surface area (Å²) in [5, 5.41) is 10.2. The number of anilines is 1. The molecule has 0 bridgehead atoms. The monoisotopic (exact) mass is 245 g/mol. The molecular weight excluding hydrogens is 230 g/mol. The number of rotatable bonds is 2. The van der Waals surface area contributed by atoms with Crippen LogP contribution in [0.1, 0.15) is 23.6 Å². The zero-order chi connectivity index (χ0) is 13.3. The predicted molar refractivity (Wildman–Crippen MR) is 68.2 cm³/mol. The molecule has 0 atom stereocenters. The van der Waals surface area contributed by atoms with Gasteiger partial charge in [-0.25, -0.2) is 0 Å². The Kier molecular flexibility index (Phi) is 3.14. The second-order valence-corrected chi connectivity index (χ2v) is 4.27. The van der Waals surface area contributed by atoms with Crippen LogP contribution in [0.25, 0.3) is 11.5 Å². The zero-order valence-corrected chi connectivity index (χ0v) is 10.9. The molecule has 18 heavy (non-hydrogen) atoms. The summed E-state index contributed by atoms with van der Waals surface area (Å²) in [6.07, 6.45) is 0. The highest BCUT2D eigenvalue weighted by atomic mass is 16.4. The van der Waals surface area contributed by atoms with Gasteiger partial charge in [-0.3, -0.25) is 10.1 Å². The van der Waals surface area contributed by atoms with E-state index in [0.29, 0.717) is 5.89 Å². The van der Waals surface area contributed by atoms with E-state index in [4.69, 9.17) is 4.42 Å². The van der Waals surface area contributed by atoms with E-state index in [-0.39, 0.29) is 11.9 Å². The summed E-state index contributed by atoms with van der Waals surface area (Å²) in [7, 11) is 0. The zero-order valence-electron chi connectivity index (χ0n) is 10.9. The lowest BCUT2D eigenvalue weighted by Crippen LogP contribution is -2.05. The van der Waals surface area contributed by atoms with Crippen molar-refractivity contribution >= 4 is 11.9 Å². The molecule has 1 heterocycles. The number of hydrogen-bond donors (Lipinski definition) is 1. The largest absolute Gasteiger partial charge is 0.403 e. The minimum absolute atomic E-state index is 0.120. The Balaban J connectivity index is 2.40. The Morgan fingerprint density at radius 2 is 1.89 bits per heavy atom. The highest BCUT2D eigenvalue weighted by molar-refractivity contribution is 5.86. The number of aromatic nitrogens is 2. The fourth-order valence-electron chi connectivity index (χ4n) is 1.72. The summed E-state index contributed by atoms with van der Waals surface area (Å²) in [6.45, 7) is 7.52. The molecule has 2 aromatic rings. The van der Waals surface area contributed by atoms with Crippen molar-refractivity contribution in [1.82, 2.24) is 10.2 Å². The topological polar surface area (TPSA) is 68.0 Å². The lowest BCUT2D eigenvalue weighted by molar-refractivity contribution is -0.114. The van der Waals surface area contributed by atoms with Crippen LogP contribution in [0.15, 0.2) is 16.5 Å². The summed E-state index contributed by atoms with van der Waals surface area (Å²) in [4.78, 5) is 10.9. The van der Waals surface area contributed by atoms with Crippen molar-refractivity contribution in [3.05, 3.63) is 28.8 Å². The van der Waals surface area contributed by atoms with E-state index in [1.54, 1.807) is 0 Å². The number of amides is 1. The Morgan fingerprint density at radius 1 is 1.17 bits per heavy atom. The average molecular weight is 245 g/mol. The molecule has 1 amide bonds. The third kappa shape index (κ3) is 2.25. The molecule has 0 saturated carbocycles. The van der Waals surface area contributed by atoms with Gasteiger partial charge in [0.05, 0.1) is 0 Å². The Hall–Kier alpha value is -2.17. The fourth-order valence-corrected chi connectivity index (χ4v) is 1.72. The molecule has 5 heteroatoms. The van der Waals surface area contributed by atoms with Gasteiger partial charge in [-0.2, -0.15) is 0 Å². The Morgan fingerprint density at radius 3 is 2.56 bits per heavy atom. The molecule has 1 aromatic heterocycles. The number of carbonyl (C=O) groups excluding carboxylic acids is 1. The fraction of sp³-hybridized carbons (Fsp3) is 0.308. The van der Waals surface area contributed by atoms with Crippen LogP contribution in [-0.4, -0.2) is 16.1 Å². The van der Waals surface area contributed by atoms with Crippen LogP contribution < -0.4 is 5.32 Å². The maximum Gasteiger partial charge on any atom is 0.322 e. The maximum atomic E-state index is 10.9. The first-order chi connectivity index (χ1) is 8.49. The minimum atomic E-state index is -0.234. The van der Waals surface area contributed by atoms with Gasteiger partial charge < -0.3 is 4.42 Å². The van der Waals surface area contributed by atoms with E-state index in [0.717, 1.165) is 11.1 Å². The predicted octanol–water partition coefficient (Wildman–Crippen LogP) is 2.62. The number of aryl methyl sites for hydroxylation is 1. The van der Waals surface area contributed by atoms with Gasteiger partial charge >= 0.3 is 6.01 Å². The number of nitrogens with zero attached hydrogens (tertiary/aromatic N) is 2. The molecule has 1 aromatic carbocycles. The number of benzene rings is 1. The molecule has 0 saturated heterocycles. The first kappa shape index (κ1) is 12.3. The molecule has 0 aliphatic rings. The van der Waals surface area contributed by atoms with Gasteiger partial charge in [-0.15, -0.1) is 5.10 Å². The van der Waals surface area contributed by atoms with Crippen LogP contribution >= 0.6 is 0 Å². The van der Waals surface area contributed by atoms with Crippen molar-refractivity contribution in [2.24, 2.45) is 0 Å². The van der Waals surface area contributed by atoms with Crippen LogP contribution in [0.3, 0.4) is 0 Å². The molecular formula is C13H15N3O2. The Bertz CT molecular complexity index is 602. The van der Waals surface area contributed by atoms with Crippen molar-refractivity contribution in [2.75, 3.05) is 5.32 Å². The SMILES string of the molecule is CC(=O)Nc1nnc(-c2ccc(C)c(C)c2C)o1. The molecule has 94 valence electrons. The van der Waals surface area contributed by atoms with Crippen LogP contribution in [0.4, 0.5) is 6.01 Å². The van der Waals surface area contributed by atoms with E-state index in [1.807, 2.05) is 19.1 Å². The Labute approximate surface area is 105 Å². The summed E-state index contributed by atoms with van der Waals surface area (Å²) in [5.41, 5.74) is 4.42. The summed E-state index contributed by atoms with van der Waals surface area (Å²) in [5.74, 6) is 0.182. The van der Waals surface area contributed by atoms with Crippen molar-refractivity contribution in [3.8, 4) is 11.5 Å². The molecule has 5 nitrogen and oxygen atoms in total. The third-order valence-corrected chi connectivity index (χ3v) is 3.00. The van der Waals surface area contributed by atoms with Gasteiger partial charge in [0.1, 0.15) is 0 Å². The molecule has 0 aliphatic carbocycles. The second-order valence-electron chi connectivity index (χ2n) is 4.27. The lowest BCUT2D eigenvalue weighted by Gasteiger charge is -2.07. The lowest BCUT2D eigenvalue weighted by atomic mass is 9.99. The summed E-state index contributed by atoms with van der Waals surface area (Å²) >= 11 is 0. The van der Waals surface area contributed by atoms with E-state index in [9.17, 15) is 4.79 Å². The molecule has 0 unspecified atom stereocenters. The van der Waals surface area contributed by atoms with Gasteiger partial charge in [-0.1, -0.05) is 11.2 Å². The van der Waals surface area contributed by atoms with Crippen LogP contribution in [-0.2, 0) is 4.79 Å². The van der Waals surface area contributed by atoms with Gasteiger partial charge in [0.15, 0.2) is 0 Å². The highest BCUT2D eigenvalue weighted by Gasteiger charge is 2.13. The first-order valence-corrected chi connectivity index (χ1v) is 5.67. The van der Waals surface area contributed by atoms with Crippen molar-refractivity contribution in [3.63, 3.8) is 0 Å². The number of carbonyl (C=O) groups is 1.